The molecular weight excluding hydrogens is 604 g/mol. The molecule has 220 valence electrons. The lowest BCUT2D eigenvalue weighted by molar-refractivity contribution is -0.113. The van der Waals surface area contributed by atoms with Crippen LogP contribution < -0.4 is 13.8 Å². The molecule has 0 spiro atoms. The number of aryl methyl sites for hydroxylation is 3. The molecule has 0 saturated carbocycles. The summed E-state index contributed by atoms with van der Waals surface area (Å²) in [5, 5.41) is 0.525. The van der Waals surface area contributed by atoms with E-state index in [9.17, 15) is 13.2 Å². The average molecular weight is 633 g/mol. The molecule has 0 aromatic heterocycles. The van der Waals surface area contributed by atoms with Crippen molar-refractivity contribution in [3.05, 3.63) is 117 Å². The van der Waals surface area contributed by atoms with Gasteiger partial charge in [0.15, 0.2) is 10.9 Å². The van der Waals surface area contributed by atoms with Crippen LogP contribution in [0.25, 0.3) is 6.08 Å². The third kappa shape index (κ3) is 6.96. The third-order valence-corrected chi connectivity index (χ3v) is 8.97. The fourth-order valence-corrected chi connectivity index (χ4v) is 6.49. The summed E-state index contributed by atoms with van der Waals surface area (Å²) < 4.78 is 37.2. The Morgan fingerprint density at radius 2 is 1.47 bits per heavy atom. The van der Waals surface area contributed by atoms with Crippen molar-refractivity contribution in [3.8, 4) is 11.5 Å². The van der Waals surface area contributed by atoms with Crippen LogP contribution in [0.2, 0.25) is 5.02 Å². The summed E-state index contributed by atoms with van der Waals surface area (Å²) in [4.78, 5) is 20.5. The van der Waals surface area contributed by atoms with Gasteiger partial charge in [0, 0.05) is 0 Å². The summed E-state index contributed by atoms with van der Waals surface area (Å²) >= 11 is 7.81. The number of halogens is 1. The molecule has 0 unspecified atom stereocenters. The van der Waals surface area contributed by atoms with Gasteiger partial charge in [-0.2, -0.15) is 8.42 Å². The van der Waals surface area contributed by atoms with E-state index in [4.69, 9.17) is 25.5 Å². The van der Waals surface area contributed by atoms with Crippen molar-refractivity contribution in [1.29, 1.82) is 0 Å². The van der Waals surface area contributed by atoms with Crippen molar-refractivity contribution in [2.45, 2.75) is 32.6 Å². The van der Waals surface area contributed by atoms with Crippen LogP contribution in [0, 0.1) is 20.8 Å². The summed E-state index contributed by atoms with van der Waals surface area (Å²) in [6, 6.07) is 24.8. The Morgan fingerprint density at radius 3 is 2.07 bits per heavy atom. The van der Waals surface area contributed by atoms with Gasteiger partial charge in [-0.25, -0.2) is 4.99 Å². The van der Waals surface area contributed by atoms with Gasteiger partial charge < -0.3 is 8.92 Å². The zero-order chi connectivity index (χ0) is 30.7. The minimum Gasteiger partial charge on any atom is -0.490 e. The van der Waals surface area contributed by atoms with Crippen LogP contribution in [0.3, 0.4) is 0 Å². The van der Waals surface area contributed by atoms with Crippen LogP contribution in [-0.2, 0) is 14.9 Å². The maximum Gasteiger partial charge on any atom is 0.339 e. The molecule has 0 radical (unpaired) electrons. The Morgan fingerprint density at radius 1 is 0.884 bits per heavy atom. The number of rotatable bonds is 8. The highest BCUT2D eigenvalue weighted by Gasteiger charge is 2.35. The highest BCUT2D eigenvalue weighted by Crippen LogP contribution is 2.42. The third-order valence-electron chi connectivity index (χ3n) is 6.49. The van der Waals surface area contributed by atoms with E-state index in [0.29, 0.717) is 21.3 Å². The summed E-state index contributed by atoms with van der Waals surface area (Å²) in [6.07, 6.45) is 1.68. The molecule has 7 nitrogen and oxygen atoms in total. The minimum atomic E-state index is -4.18. The van der Waals surface area contributed by atoms with Gasteiger partial charge in [0.25, 0.3) is 5.91 Å². The first-order valence-electron chi connectivity index (χ1n) is 13.5. The number of benzene rings is 4. The number of carbonyl (C=O) groups excluding carboxylic acids is 1. The standard InChI is InChI=1S/C33H29ClN2O5S2/c1-5-40-29-19-24(18-28(34)31(29)41-43(38,39)27-16-10-23(4)11-17-27)20-30-32(37)36(26-14-8-22(3)9-15-26)33(42-30)35-25-12-6-21(2)7-13-25/h6-20H,5H2,1-4H3/b30-20-,35-33?. The fraction of sp³-hybridized carbons (Fsp3) is 0.152. The highest BCUT2D eigenvalue weighted by molar-refractivity contribution is 8.19. The van der Waals surface area contributed by atoms with Crippen molar-refractivity contribution < 1.29 is 22.1 Å². The number of nitrogens with zero attached hydrogens (tertiary/aromatic N) is 2. The molecule has 0 atom stereocenters. The van der Waals surface area contributed by atoms with Crippen LogP contribution in [0.5, 0.6) is 11.5 Å². The first-order valence-corrected chi connectivity index (χ1v) is 16.1. The molecule has 43 heavy (non-hydrogen) atoms. The van der Waals surface area contributed by atoms with E-state index in [1.807, 2.05) is 69.3 Å². The lowest BCUT2D eigenvalue weighted by Crippen LogP contribution is -2.28. The van der Waals surface area contributed by atoms with Gasteiger partial charge in [-0.1, -0.05) is 64.7 Å². The first-order chi connectivity index (χ1) is 20.5. The average Bonchev–Trinajstić information content (AvgIpc) is 3.26. The van der Waals surface area contributed by atoms with Crippen molar-refractivity contribution in [1.82, 2.24) is 0 Å². The van der Waals surface area contributed by atoms with E-state index < -0.39 is 10.1 Å². The monoisotopic (exact) mass is 632 g/mol. The molecule has 1 aliphatic heterocycles. The largest absolute Gasteiger partial charge is 0.490 e. The second kappa shape index (κ2) is 12.7. The van der Waals surface area contributed by atoms with E-state index in [1.165, 1.54) is 30.0 Å². The second-order valence-electron chi connectivity index (χ2n) is 9.93. The summed E-state index contributed by atoms with van der Waals surface area (Å²) in [6.45, 7) is 7.84. The smallest absolute Gasteiger partial charge is 0.339 e. The van der Waals surface area contributed by atoms with Crippen LogP contribution in [0.1, 0.15) is 29.2 Å². The Kier molecular flexibility index (Phi) is 8.96. The maximum atomic E-state index is 13.8. The summed E-state index contributed by atoms with van der Waals surface area (Å²) in [5.41, 5.74) is 5.03. The summed E-state index contributed by atoms with van der Waals surface area (Å²) in [5.74, 6) is -0.243. The van der Waals surface area contributed by atoms with Gasteiger partial charge in [0.05, 0.1) is 27.9 Å². The number of aliphatic imine (C=N–C) groups is 1. The Hall–Kier alpha value is -4.05. The van der Waals surface area contributed by atoms with Crippen molar-refractivity contribution in [2.24, 2.45) is 4.99 Å². The van der Waals surface area contributed by atoms with Gasteiger partial charge in [0.1, 0.15) is 4.90 Å². The molecule has 1 amide bonds. The number of carbonyl (C=O) groups is 1. The van der Waals surface area contributed by atoms with Crippen LogP contribution in [-0.4, -0.2) is 26.1 Å². The second-order valence-corrected chi connectivity index (χ2v) is 12.9. The highest BCUT2D eigenvalue weighted by atomic mass is 35.5. The van der Waals surface area contributed by atoms with Crippen LogP contribution >= 0.6 is 23.4 Å². The molecule has 0 bridgehead atoms. The van der Waals surface area contributed by atoms with Gasteiger partial charge in [-0.3, -0.25) is 9.69 Å². The number of ether oxygens (including phenoxy) is 1. The maximum absolute atomic E-state index is 13.8. The zero-order valence-electron chi connectivity index (χ0n) is 24.0. The molecule has 5 rings (SSSR count). The zero-order valence-corrected chi connectivity index (χ0v) is 26.4. The van der Waals surface area contributed by atoms with Crippen LogP contribution in [0.15, 0.2) is 99.7 Å². The topological polar surface area (TPSA) is 85.3 Å². The molecule has 1 saturated heterocycles. The van der Waals surface area contributed by atoms with Crippen LogP contribution in [0.4, 0.5) is 11.4 Å². The molecule has 4 aromatic carbocycles. The molecular formula is C33H29ClN2O5S2. The van der Waals surface area contributed by atoms with E-state index in [1.54, 1.807) is 36.1 Å². The molecule has 1 fully saturated rings. The Labute approximate surface area is 260 Å². The van der Waals surface area contributed by atoms with Gasteiger partial charge in [0.2, 0.25) is 5.75 Å². The number of amidine groups is 1. The van der Waals surface area contributed by atoms with E-state index in [0.717, 1.165) is 22.4 Å². The SMILES string of the molecule is CCOc1cc(/C=C2\SC(=Nc3ccc(C)cc3)N(c3ccc(C)cc3)C2=O)cc(Cl)c1OS(=O)(=O)c1ccc(C)cc1. The summed E-state index contributed by atoms with van der Waals surface area (Å²) in [7, 11) is -4.18. The Balaban J connectivity index is 1.52. The number of hydrogen-bond acceptors (Lipinski definition) is 7. The molecule has 1 heterocycles. The van der Waals surface area contributed by atoms with Crippen molar-refractivity contribution >= 4 is 62.0 Å². The lowest BCUT2D eigenvalue weighted by atomic mass is 10.1. The lowest BCUT2D eigenvalue weighted by Gasteiger charge is -2.16. The number of hydrogen-bond donors (Lipinski definition) is 0. The minimum absolute atomic E-state index is 0.00708. The molecule has 4 aromatic rings. The molecule has 0 aliphatic carbocycles. The number of amides is 1. The van der Waals surface area contributed by atoms with E-state index >= 15 is 0 Å². The predicted octanol–water partition coefficient (Wildman–Crippen LogP) is 8.24. The Bertz CT molecular complexity index is 1830. The van der Waals surface area contributed by atoms with E-state index in [2.05, 4.69) is 0 Å². The first kappa shape index (κ1) is 30.4. The van der Waals surface area contributed by atoms with E-state index in [-0.39, 0.29) is 33.9 Å². The fourth-order valence-electron chi connectivity index (χ4n) is 4.23. The number of anilines is 1. The van der Waals surface area contributed by atoms with Gasteiger partial charge >= 0.3 is 10.1 Å². The molecule has 1 aliphatic rings. The van der Waals surface area contributed by atoms with Gasteiger partial charge in [-0.15, -0.1) is 0 Å². The van der Waals surface area contributed by atoms with Crippen molar-refractivity contribution in [3.63, 3.8) is 0 Å². The molecule has 0 N–H and O–H groups in total. The number of thioether (sulfide) groups is 1. The van der Waals surface area contributed by atoms with Gasteiger partial charge in [-0.05, 0) is 99.6 Å². The normalized spacial score (nSPS) is 15.4. The van der Waals surface area contributed by atoms with Crippen molar-refractivity contribution in [2.75, 3.05) is 11.5 Å². The molecule has 10 heteroatoms. The predicted molar refractivity (Wildman–Crippen MR) is 174 cm³/mol. The quantitative estimate of drug-likeness (QED) is 0.144.